The molecule has 3 unspecified atom stereocenters. The van der Waals surface area contributed by atoms with E-state index in [2.05, 4.69) is 58.7 Å². The molecule has 2 aliphatic heterocycles. The lowest BCUT2D eigenvalue weighted by Gasteiger charge is -2.47. The van der Waals surface area contributed by atoms with Gasteiger partial charge in [-0.2, -0.15) is 0 Å². The van der Waals surface area contributed by atoms with Gasteiger partial charge in [0.15, 0.2) is 0 Å². The first-order valence-electron chi connectivity index (χ1n) is 14.9. The first kappa shape index (κ1) is 30.7. The highest BCUT2D eigenvalue weighted by atomic mass is 16.6. The minimum Gasteiger partial charge on any atom is -0.481 e. The Morgan fingerprint density at radius 3 is 2.09 bits per heavy atom. The van der Waals surface area contributed by atoms with E-state index in [-0.39, 0.29) is 34.5 Å². The van der Waals surface area contributed by atoms with Gasteiger partial charge < -0.3 is 26.2 Å². The second-order valence-corrected chi connectivity index (χ2v) is 11.9. The number of likely N-dealkylation sites (tertiary alicyclic amines) is 1. The highest BCUT2D eigenvalue weighted by Crippen LogP contribution is 2.51. The van der Waals surface area contributed by atoms with E-state index in [1.54, 1.807) is 13.0 Å². The average molecular weight is 599 g/mol. The normalized spacial score (nSPS) is 23.5. The molecule has 2 aliphatic rings. The molecule has 230 valence electrons. The largest absolute Gasteiger partial charge is 0.481 e. The number of piperidine rings is 1. The summed E-state index contributed by atoms with van der Waals surface area (Å²) in [5.41, 5.74) is 6.67. The maximum atomic E-state index is 13.2. The average Bonchev–Trinajstić information content (AvgIpc) is 3.02. The zero-order chi connectivity index (χ0) is 31.5. The van der Waals surface area contributed by atoms with E-state index >= 15 is 0 Å². The minimum absolute atomic E-state index is 0.116. The van der Waals surface area contributed by atoms with Crippen LogP contribution in [0.1, 0.15) is 55.2 Å². The summed E-state index contributed by atoms with van der Waals surface area (Å²) in [4.78, 5) is 39.0. The van der Waals surface area contributed by atoms with Crippen molar-refractivity contribution in [2.24, 2.45) is 11.1 Å². The number of benzene rings is 3. The van der Waals surface area contributed by atoms with Crippen LogP contribution in [0, 0.1) is 15.5 Å². The van der Waals surface area contributed by atoms with Crippen molar-refractivity contribution >= 4 is 17.6 Å². The van der Waals surface area contributed by atoms with Crippen LogP contribution in [0.15, 0.2) is 96.3 Å². The van der Waals surface area contributed by atoms with E-state index in [0.29, 0.717) is 13.0 Å². The van der Waals surface area contributed by atoms with Crippen LogP contribution >= 0.6 is 0 Å². The molecule has 3 atom stereocenters. The van der Waals surface area contributed by atoms with Crippen LogP contribution in [0.2, 0.25) is 0 Å². The van der Waals surface area contributed by atoms with Gasteiger partial charge in [-0.15, -0.1) is 0 Å². The zero-order valence-electron chi connectivity index (χ0n) is 24.7. The van der Waals surface area contributed by atoms with Crippen LogP contribution in [-0.4, -0.2) is 57.7 Å². The van der Waals surface area contributed by atoms with E-state index in [4.69, 9.17) is 5.73 Å². The van der Waals surface area contributed by atoms with Gasteiger partial charge in [-0.25, -0.2) is 4.79 Å². The fourth-order valence-corrected chi connectivity index (χ4v) is 7.41. The standard InChI is InChI=1S/C34H38N4O6/c1-23-34(32(41)42,29(28(31(39)40)30(35)36-23)24-10-8-15-27(22-24)38(43)44)16-9-19-37-20-17-33(18-21-37,25-11-4-2-5-12-25)26-13-6-3-7-14-26/h2-8,10-15,22-23,29,36H,9,16-21,35H2,1H3,(H,39,40)(H,41,42). The van der Waals surface area contributed by atoms with Crippen LogP contribution in [0.3, 0.4) is 0 Å². The fourth-order valence-electron chi connectivity index (χ4n) is 7.41. The molecule has 3 aromatic rings. The number of nitrogens with zero attached hydrogens (tertiary/aromatic N) is 2. The number of carboxylic acid groups (broad SMARTS) is 2. The molecule has 1 saturated heterocycles. The molecule has 5 N–H and O–H groups in total. The molecule has 10 nitrogen and oxygen atoms in total. The van der Waals surface area contributed by atoms with Crippen LogP contribution in [0.4, 0.5) is 5.69 Å². The maximum absolute atomic E-state index is 13.2. The Hall–Kier alpha value is -4.70. The molecule has 0 aromatic heterocycles. The van der Waals surface area contributed by atoms with Gasteiger partial charge in [-0.1, -0.05) is 72.8 Å². The first-order chi connectivity index (χ1) is 21.1. The number of nitro groups is 1. The number of rotatable bonds is 10. The number of hydrogen-bond donors (Lipinski definition) is 4. The van der Waals surface area contributed by atoms with Crippen molar-refractivity contribution in [2.45, 2.75) is 50.0 Å². The van der Waals surface area contributed by atoms with Crippen molar-refractivity contribution < 1.29 is 24.7 Å². The van der Waals surface area contributed by atoms with Crippen molar-refractivity contribution in [2.75, 3.05) is 19.6 Å². The van der Waals surface area contributed by atoms with E-state index in [0.717, 1.165) is 25.9 Å². The van der Waals surface area contributed by atoms with Gasteiger partial charge >= 0.3 is 11.9 Å². The summed E-state index contributed by atoms with van der Waals surface area (Å²) < 4.78 is 0. The molecule has 0 radical (unpaired) electrons. The molecule has 0 aliphatic carbocycles. The lowest BCUT2D eigenvalue weighted by molar-refractivity contribution is -0.384. The van der Waals surface area contributed by atoms with Gasteiger partial charge in [0.05, 0.1) is 15.9 Å². The molecule has 0 amide bonds. The summed E-state index contributed by atoms with van der Waals surface area (Å²) in [6.45, 7) is 3.95. The number of carbonyl (C=O) groups is 2. The van der Waals surface area contributed by atoms with Gasteiger partial charge in [-0.05, 0) is 68.9 Å². The topological polar surface area (TPSA) is 159 Å². The monoisotopic (exact) mass is 598 g/mol. The van der Waals surface area contributed by atoms with E-state index in [9.17, 15) is 29.9 Å². The van der Waals surface area contributed by atoms with Gasteiger partial charge in [-0.3, -0.25) is 14.9 Å². The molecule has 10 heteroatoms. The number of hydrogen-bond acceptors (Lipinski definition) is 7. The second kappa shape index (κ2) is 12.5. The summed E-state index contributed by atoms with van der Waals surface area (Å²) in [5.74, 6) is -3.87. The van der Waals surface area contributed by atoms with Crippen LogP contribution in [-0.2, 0) is 15.0 Å². The predicted molar refractivity (Wildman–Crippen MR) is 166 cm³/mol. The Bertz CT molecular complexity index is 1510. The zero-order valence-corrected chi connectivity index (χ0v) is 24.7. The van der Waals surface area contributed by atoms with E-state index in [1.807, 2.05) is 12.1 Å². The van der Waals surface area contributed by atoms with Crippen molar-refractivity contribution in [3.05, 3.63) is 123 Å². The summed E-state index contributed by atoms with van der Waals surface area (Å²) in [6.07, 6.45) is 2.44. The molecule has 3 aromatic carbocycles. The Morgan fingerprint density at radius 1 is 0.977 bits per heavy atom. The summed E-state index contributed by atoms with van der Waals surface area (Å²) in [5, 5.41) is 35.4. The molecule has 0 saturated carbocycles. The highest BCUT2D eigenvalue weighted by molar-refractivity contribution is 5.93. The Kier molecular flexibility index (Phi) is 8.73. The quantitative estimate of drug-likeness (QED) is 0.189. The van der Waals surface area contributed by atoms with Crippen molar-refractivity contribution in [1.82, 2.24) is 10.2 Å². The molecular formula is C34H38N4O6. The third-order valence-electron chi connectivity index (χ3n) is 9.71. The number of carboxylic acids is 2. The third-order valence-corrected chi connectivity index (χ3v) is 9.71. The maximum Gasteiger partial charge on any atom is 0.335 e. The Labute approximate surface area is 256 Å². The molecule has 2 heterocycles. The van der Waals surface area contributed by atoms with Crippen molar-refractivity contribution in [1.29, 1.82) is 0 Å². The highest BCUT2D eigenvalue weighted by Gasteiger charge is 2.56. The van der Waals surface area contributed by atoms with E-state index in [1.165, 1.54) is 29.3 Å². The van der Waals surface area contributed by atoms with Crippen LogP contribution in [0.25, 0.3) is 0 Å². The molecule has 0 bridgehead atoms. The third kappa shape index (κ3) is 5.53. The van der Waals surface area contributed by atoms with Gasteiger partial charge in [0.2, 0.25) is 0 Å². The number of nitrogens with one attached hydrogen (secondary N) is 1. The minimum atomic E-state index is -1.61. The van der Waals surface area contributed by atoms with E-state index < -0.39 is 34.2 Å². The Balaban J connectivity index is 1.40. The molecule has 0 spiro atoms. The number of nitro benzene ring substituents is 1. The van der Waals surface area contributed by atoms with Gasteiger partial charge in [0, 0.05) is 29.5 Å². The second-order valence-electron chi connectivity index (χ2n) is 11.9. The van der Waals surface area contributed by atoms with Crippen LogP contribution in [0.5, 0.6) is 0 Å². The smallest absolute Gasteiger partial charge is 0.335 e. The molecule has 5 rings (SSSR count). The SMILES string of the molecule is CC1NC(N)=C(C(=O)O)C(c2cccc([N+](=O)[O-])c2)C1(CCCN1CCC(c2ccccc2)(c2ccccc2)CC1)C(=O)O. The lowest BCUT2D eigenvalue weighted by atomic mass is 9.60. The number of aliphatic carboxylic acids is 2. The summed E-state index contributed by atoms with van der Waals surface area (Å²) >= 11 is 0. The van der Waals surface area contributed by atoms with Gasteiger partial charge in [0.1, 0.15) is 5.82 Å². The predicted octanol–water partition coefficient (Wildman–Crippen LogP) is 4.86. The van der Waals surface area contributed by atoms with Crippen LogP contribution < -0.4 is 11.1 Å². The molecule has 44 heavy (non-hydrogen) atoms. The fraction of sp³-hybridized carbons (Fsp3) is 0.353. The lowest BCUT2D eigenvalue weighted by Crippen LogP contribution is -2.58. The molecular weight excluding hydrogens is 560 g/mol. The van der Waals surface area contributed by atoms with Crippen molar-refractivity contribution in [3.63, 3.8) is 0 Å². The van der Waals surface area contributed by atoms with Gasteiger partial charge in [0.25, 0.3) is 5.69 Å². The first-order valence-corrected chi connectivity index (χ1v) is 14.9. The number of non-ortho nitro benzene ring substituents is 1. The Morgan fingerprint density at radius 2 is 1.57 bits per heavy atom. The van der Waals surface area contributed by atoms with Crippen molar-refractivity contribution in [3.8, 4) is 0 Å². The summed E-state index contributed by atoms with van der Waals surface area (Å²) in [7, 11) is 0. The molecule has 1 fully saturated rings. The summed E-state index contributed by atoms with van der Waals surface area (Å²) in [6, 6.07) is 25.9. The number of nitrogens with two attached hydrogens (primary N) is 1.